The third-order valence-electron chi connectivity index (χ3n) is 4.99. The average molecular weight is 401 g/mol. The molecule has 2 aromatic heterocycles. The summed E-state index contributed by atoms with van der Waals surface area (Å²) in [4.78, 5) is 27.4. The maximum absolute atomic E-state index is 12.5. The first-order valence-corrected chi connectivity index (χ1v) is 9.81. The first kappa shape index (κ1) is 19.5. The fourth-order valence-electron chi connectivity index (χ4n) is 3.45. The Hall–Kier alpha value is -3.80. The van der Waals surface area contributed by atoms with Gasteiger partial charge in [-0.2, -0.15) is 0 Å². The van der Waals surface area contributed by atoms with Crippen LogP contribution in [0.4, 0.5) is 5.69 Å². The fourth-order valence-corrected chi connectivity index (χ4v) is 3.45. The molecule has 6 heteroatoms. The number of H-pyrrole nitrogens is 1. The second-order valence-corrected chi connectivity index (χ2v) is 7.26. The number of ether oxygens (including phenoxy) is 1. The number of benzene rings is 2. The molecule has 0 aliphatic rings. The summed E-state index contributed by atoms with van der Waals surface area (Å²) >= 11 is 0. The van der Waals surface area contributed by atoms with Gasteiger partial charge in [0.1, 0.15) is 17.0 Å². The van der Waals surface area contributed by atoms with Gasteiger partial charge in [0, 0.05) is 48.1 Å². The van der Waals surface area contributed by atoms with E-state index in [1.807, 2.05) is 62.4 Å². The molecule has 4 rings (SSSR count). The lowest BCUT2D eigenvalue weighted by molar-refractivity contribution is -0.115. The van der Waals surface area contributed by atoms with Crippen LogP contribution in [0.15, 0.2) is 65.7 Å². The monoisotopic (exact) mass is 401 g/mol. The van der Waals surface area contributed by atoms with Crippen molar-refractivity contribution in [3.05, 3.63) is 76.8 Å². The van der Waals surface area contributed by atoms with Crippen molar-refractivity contribution < 1.29 is 9.53 Å². The second kappa shape index (κ2) is 7.91. The molecule has 1 amide bonds. The highest BCUT2D eigenvalue weighted by Crippen LogP contribution is 2.38. The summed E-state index contributed by atoms with van der Waals surface area (Å²) in [5.74, 6) is 1.29. The highest BCUT2D eigenvalue weighted by atomic mass is 16.5. The van der Waals surface area contributed by atoms with Crippen molar-refractivity contribution in [1.82, 2.24) is 9.55 Å². The van der Waals surface area contributed by atoms with E-state index in [1.165, 1.54) is 0 Å². The van der Waals surface area contributed by atoms with E-state index in [2.05, 4.69) is 10.3 Å². The Labute approximate surface area is 174 Å². The van der Waals surface area contributed by atoms with Gasteiger partial charge in [-0.15, -0.1) is 0 Å². The van der Waals surface area contributed by atoms with E-state index in [9.17, 15) is 9.59 Å². The number of aromatic amines is 1. The van der Waals surface area contributed by atoms with Gasteiger partial charge < -0.3 is 19.6 Å². The number of pyridine rings is 1. The summed E-state index contributed by atoms with van der Waals surface area (Å²) < 4.78 is 7.76. The third kappa shape index (κ3) is 3.72. The molecule has 30 heavy (non-hydrogen) atoms. The number of amides is 1. The molecule has 0 radical (unpaired) electrons. The van der Waals surface area contributed by atoms with Crippen LogP contribution in [0, 0.1) is 6.92 Å². The van der Waals surface area contributed by atoms with Crippen LogP contribution in [0.2, 0.25) is 0 Å². The molecule has 0 bridgehead atoms. The standard InChI is InChI=1S/C24H23N3O3/c1-4-22(28)26-16-8-9-21(30-17-7-5-6-15(2)12-17)19(13-16)20-14-27(3)24(29)23-18(20)10-11-25-23/h5-14,25H,4H2,1-3H3,(H,26,28). The SMILES string of the molecule is CCC(=O)Nc1ccc(Oc2cccc(C)c2)c(-c2cn(C)c(=O)c3[nH]ccc23)c1. The quantitative estimate of drug-likeness (QED) is 0.495. The average Bonchev–Trinajstić information content (AvgIpc) is 3.22. The summed E-state index contributed by atoms with van der Waals surface area (Å²) in [6.45, 7) is 3.81. The number of nitrogens with one attached hydrogen (secondary N) is 2. The number of rotatable bonds is 5. The number of hydrogen-bond donors (Lipinski definition) is 2. The van der Waals surface area contributed by atoms with Crippen molar-refractivity contribution in [2.24, 2.45) is 7.05 Å². The zero-order valence-corrected chi connectivity index (χ0v) is 17.2. The van der Waals surface area contributed by atoms with Gasteiger partial charge in [0.05, 0.1) is 0 Å². The van der Waals surface area contributed by atoms with Crippen LogP contribution in [0.5, 0.6) is 11.5 Å². The Kier molecular flexibility index (Phi) is 5.14. The fraction of sp³-hybridized carbons (Fsp3) is 0.167. The Morgan fingerprint density at radius 2 is 1.97 bits per heavy atom. The van der Waals surface area contributed by atoms with Crippen molar-refractivity contribution in [2.75, 3.05) is 5.32 Å². The molecule has 4 aromatic rings. The minimum absolute atomic E-state index is 0.0689. The molecular weight excluding hydrogens is 378 g/mol. The molecule has 0 fully saturated rings. The van der Waals surface area contributed by atoms with Crippen LogP contribution < -0.4 is 15.6 Å². The maximum Gasteiger partial charge on any atom is 0.274 e. The summed E-state index contributed by atoms with van der Waals surface area (Å²) in [6.07, 6.45) is 3.93. The largest absolute Gasteiger partial charge is 0.457 e. The highest BCUT2D eigenvalue weighted by molar-refractivity contribution is 5.98. The molecule has 6 nitrogen and oxygen atoms in total. The van der Waals surface area contributed by atoms with Gasteiger partial charge in [-0.1, -0.05) is 19.1 Å². The topological polar surface area (TPSA) is 76.1 Å². The molecule has 0 spiro atoms. The van der Waals surface area contributed by atoms with E-state index in [0.717, 1.165) is 27.8 Å². The summed E-state index contributed by atoms with van der Waals surface area (Å²) in [5, 5.41) is 3.70. The minimum atomic E-state index is -0.102. The summed E-state index contributed by atoms with van der Waals surface area (Å²) in [7, 11) is 1.72. The number of fused-ring (bicyclic) bond motifs is 1. The van der Waals surface area contributed by atoms with E-state index in [4.69, 9.17) is 4.74 Å². The molecule has 0 saturated carbocycles. The van der Waals surface area contributed by atoms with Gasteiger partial charge in [0.15, 0.2) is 0 Å². The van der Waals surface area contributed by atoms with Crippen molar-refractivity contribution in [3.63, 3.8) is 0 Å². The first-order valence-electron chi connectivity index (χ1n) is 9.81. The predicted molar refractivity (Wildman–Crippen MR) is 119 cm³/mol. The van der Waals surface area contributed by atoms with Gasteiger partial charge in [0.2, 0.25) is 5.91 Å². The molecule has 0 atom stereocenters. The van der Waals surface area contributed by atoms with E-state index < -0.39 is 0 Å². The van der Waals surface area contributed by atoms with Crippen LogP contribution in [0.25, 0.3) is 22.0 Å². The van der Waals surface area contributed by atoms with Crippen LogP contribution in [0.1, 0.15) is 18.9 Å². The first-order chi connectivity index (χ1) is 14.5. The highest BCUT2D eigenvalue weighted by Gasteiger charge is 2.16. The van der Waals surface area contributed by atoms with Gasteiger partial charge >= 0.3 is 0 Å². The molecule has 2 aromatic carbocycles. The molecule has 152 valence electrons. The zero-order chi connectivity index (χ0) is 21.3. The number of anilines is 1. The number of carbonyl (C=O) groups excluding carboxylic acids is 1. The van der Waals surface area contributed by atoms with Gasteiger partial charge in [-0.3, -0.25) is 9.59 Å². The zero-order valence-electron chi connectivity index (χ0n) is 17.2. The number of aromatic nitrogens is 2. The van der Waals surface area contributed by atoms with Crippen LogP contribution in [-0.4, -0.2) is 15.5 Å². The van der Waals surface area contributed by atoms with Crippen molar-refractivity contribution in [2.45, 2.75) is 20.3 Å². The van der Waals surface area contributed by atoms with E-state index in [0.29, 0.717) is 23.4 Å². The lowest BCUT2D eigenvalue weighted by Crippen LogP contribution is -2.16. The van der Waals surface area contributed by atoms with Crippen molar-refractivity contribution >= 4 is 22.5 Å². The number of aryl methyl sites for hydroxylation is 2. The second-order valence-electron chi connectivity index (χ2n) is 7.26. The lowest BCUT2D eigenvalue weighted by Gasteiger charge is -2.15. The predicted octanol–water partition coefficient (Wildman–Crippen LogP) is 4.98. The number of nitrogens with zero attached hydrogens (tertiary/aromatic N) is 1. The normalized spacial score (nSPS) is 10.9. The van der Waals surface area contributed by atoms with E-state index >= 15 is 0 Å². The van der Waals surface area contributed by atoms with Crippen LogP contribution in [-0.2, 0) is 11.8 Å². The molecular formula is C24H23N3O3. The minimum Gasteiger partial charge on any atom is -0.457 e. The molecule has 0 saturated heterocycles. The Bertz CT molecular complexity index is 1300. The molecule has 0 aliphatic heterocycles. The summed E-state index contributed by atoms with van der Waals surface area (Å²) in [6, 6.07) is 15.2. The van der Waals surface area contributed by atoms with Crippen molar-refractivity contribution in [3.8, 4) is 22.6 Å². The molecule has 2 N–H and O–H groups in total. The lowest BCUT2D eigenvalue weighted by atomic mass is 10.0. The Morgan fingerprint density at radius 3 is 2.73 bits per heavy atom. The smallest absolute Gasteiger partial charge is 0.274 e. The Morgan fingerprint density at radius 1 is 1.13 bits per heavy atom. The number of hydrogen-bond acceptors (Lipinski definition) is 3. The maximum atomic E-state index is 12.5. The number of carbonyl (C=O) groups is 1. The molecule has 0 aliphatic carbocycles. The Balaban J connectivity index is 1.90. The van der Waals surface area contributed by atoms with E-state index in [-0.39, 0.29) is 11.5 Å². The summed E-state index contributed by atoms with van der Waals surface area (Å²) in [5.41, 5.74) is 3.81. The van der Waals surface area contributed by atoms with Gasteiger partial charge in [0.25, 0.3) is 5.56 Å². The third-order valence-corrected chi connectivity index (χ3v) is 4.99. The van der Waals surface area contributed by atoms with Gasteiger partial charge in [-0.25, -0.2) is 0 Å². The molecule has 0 unspecified atom stereocenters. The van der Waals surface area contributed by atoms with Crippen molar-refractivity contribution in [1.29, 1.82) is 0 Å². The molecule has 2 heterocycles. The van der Waals surface area contributed by atoms with E-state index in [1.54, 1.807) is 24.0 Å². The van der Waals surface area contributed by atoms with Crippen LogP contribution in [0.3, 0.4) is 0 Å². The van der Waals surface area contributed by atoms with Gasteiger partial charge in [-0.05, 0) is 48.9 Å². The van der Waals surface area contributed by atoms with Crippen LogP contribution >= 0.6 is 0 Å².